The van der Waals surface area contributed by atoms with E-state index in [0.29, 0.717) is 24.2 Å². The summed E-state index contributed by atoms with van der Waals surface area (Å²) in [6, 6.07) is 10.0. The Labute approximate surface area is 146 Å². The van der Waals surface area contributed by atoms with Crippen molar-refractivity contribution in [1.29, 1.82) is 0 Å². The highest BCUT2D eigenvalue weighted by atomic mass is 16.4. The minimum atomic E-state index is -0.941. The van der Waals surface area contributed by atoms with Crippen molar-refractivity contribution < 1.29 is 14.7 Å². The summed E-state index contributed by atoms with van der Waals surface area (Å²) in [6.07, 6.45) is 3.28. The molecular formula is C19H21N3O3. The number of carbonyl (C=O) groups is 2. The van der Waals surface area contributed by atoms with Crippen molar-refractivity contribution in [3.05, 3.63) is 65.5 Å². The van der Waals surface area contributed by atoms with Crippen LogP contribution in [0, 0.1) is 0 Å². The number of hydrogen-bond acceptors (Lipinski definition) is 4. The second-order valence-electron chi connectivity index (χ2n) is 6.44. The topological polar surface area (TPSA) is 73.7 Å². The van der Waals surface area contributed by atoms with Crippen molar-refractivity contribution in [3.63, 3.8) is 0 Å². The van der Waals surface area contributed by atoms with Crippen molar-refractivity contribution in [1.82, 2.24) is 14.8 Å². The smallest absolute Gasteiger partial charge is 0.313 e. The third-order valence-corrected chi connectivity index (χ3v) is 4.52. The molecule has 2 unspecified atom stereocenters. The quantitative estimate of drug-likeness (QED) is 0.902. The van der Waals surface area contributed by atoms with Gasteiger partial charge >= 0.3 is 5.97 Å². The highest BCUT2D eigenvalue weighted by Gasteiger charge is 2.44. The molecule has 0 saturated heterocycles. The number of aliphatic carboxylic acids is 1. The first-order chi connectivity index (χ1) is 12.0. The van der Waals surface area contributed by atoms with Crippen molar-refractivity contribution in [2.75, 3.05) is 27.2 Å². The predicted octanol–water partition coefficient (Wildman–Crippen LogP) is 2.01. The number of benzene rings is 1. The van der Waals surface area contributed by atoms with Gasteiger partial charge in [0.05, 0.1) is 6.04 Å². The lowest BCUT2D eigenvalue weighted by Gasteiger charge is -2.41. The third kappa shape index (κ3) is 3.25. The Morgan fingerprint density at radius 1 is 1.24 bits per heavy atom. The van der Waals surface area contributed by atoms with Crippen LogP contribution in [0.2, 0.25) is 0 Å². The lowest BCUT2D eigenvalue weighted by molar-refractivity contribution is -0.140. The first-order valence-electron chi connectivity index (χ1n) is 8.18. The van der Waals surface area contributed by atoms with E-state index >= 15 is 0 Å². The van der Waals surface area contributed by atoms with Crippen molar-refractivity contribution in [2.45, 2.75) is 12.0 Å². The van der Waals surface area contributed by atoms with Crippen LogP contribution in [0.1, 0.15) is 33.4 Å². The van der Waals surface area contributed by atoms with Gasteiger partial charge in [0.2, 0.25) is 0 Å². The fourth-order valence-electron chi connectivity index (χ4n) is 3.33. The maximum absolute atomic E-state index is 13.1. The van der Waals surface area contributed by atoms with E-state index in [-0.39, 0.29) is 5.91 Å². The standard InChI is InChI=1S/C19H21N3O3/c1-21(2)10-11-22-17(13-6-5-9-20-12-13)16(19(24)25)14-7-3-4-8-15(14)18(22)23/h3-9,12,16-17H,10-11H2,1-2H3,(H,24,25). The normalized spacial score (nSPS) is 19.8. The molecule has 0 spiro atoms. The number of likely N-dealkylation sites (N-methyl/N-ethyl adjacent to an activating group) is 1. The van der Waals surface area contributed by atoms with Gasteiger partial charge in [-0.3, -0.25) is 14.6 Å². The van der Waals surface area contributed by atoms with E-state index in [9.17, 15) is 14.7 Å². The fraction of sp³-hybridized carbons (Fsp3) is 0.316. The van der Waals surface area contributed by atoms with Gasteiger partial charge in [-0.25, -0.2) is 0 Å². The number of rotatable bonds is 5. The molecule has 1 aromatic carbocycles. The molecule has 1 aliphatic heterocycles. The van der Waals surface area contributed by atoms with Crippen LogP contribution in [0.5, 0.6) is 0 Å². The molecule has 3 rings (SSSR count). The second kappa shape index (κ2) is 7.03. The van der Waals surface area contributed by atoms with Gasteiger partial charge in [0.1, 0.15) is 5.92 Å². The maximum atomic E-state index is 13.1. The van der Waals surface area contributed by atoms with Gasteiger partial charge in [-0.15, -0.1) is 0 Å². The summed E-state index contributed by atoms with van der Waals surface area (Å²) in [5.41, 5.74) is 1.76. The molecule has 2 heterocycles. The van der Waals surface area contributed by atoms with Crippen molar-refractivity contribution in [3.8, 4) is 0 Å². The summed E-state index contributed by atoms with van der Waals surface area (Å²) >= 11 is 0. The Bertz CT molecular complexity index is 776. The largest absolute Gasteiger partial charge is 0.481 e. The number of pyridine rings is 1. The Balaban J connectivity index is 2.14. The highest BCUT2D eigenvalue weighted by Crippen LogP contribution is 2.42. The highest BCUT2D eigenvalue weighted by molar-refractivity contribution is 6.00. The van der Waals surface area contributed by atoms with Crippen LogP contribution < -0.4 is 0 Å². The van der Waals surface area contributed by atoms with Crippen LogP contribution in [0.4, 0.5) is 0 Å². The molecular weight excluding hydrogens is 318 g/mol. The summed E-state index contributed by atoms with van der Waals surface area (Å²) in [4.78, 5) is 33.0. The molecule has 25 heavy (non-hydrogen) atoms. The van der Waals surface area contributed by atoms with Gasteiger partial charge in [0.15, 0.2) is 0 Å². The van der Waals surface area contributed by atoms with Gasteiger partial charge in [0, 0.05) is 31.0 Å². The van der Waals surface area contributed by atoms with E-state index < -0.39 is 17.9 Å². The number of hydrogen-bond donors (Lipinski definition) is 1. The van der Waals surface area contributed by atoms with Crippen LogP contribution >= 0.6 is 0 Å². The summed E-state index contributed by atoms with van der Waals surface area (Å²) in [7, 11) is 3.85. The second-order valence-corrected chi connectivity index (χ2v) is 6.44. The molecule has 6 heteroatoms. The number of carbonyl (C=O) groups excluding carboxylic acids is 1. The Morgan fingerprint density at radius 2 is 2.00 bits per heavy atom. The molecule has 2 atom stereocenters. The van der Waals surface area contributed by atoms with E-state index in [1.54, 1.807) is 47.6 Å². The van der Waals surface area contributed by atoms with E-state index in [4.69, 9.17) is 0 Å². The van der Waals surface area contributed by atoms with Gasteiger partial charge < -0.3 is 14.9 Å². The molecule has 1 N–H and O–H groups in total. The summed E-state index contributed by atoms with van der Waals surface area (Å²) in [5, 5.41) is 9.93. The van der Waals surface area contributed by atoms with Crippen LogP contribution in [-0.4, -0.2) is 59.0 Å². The monoisotopic (exact) mass is 339 g/mol. The molecule has 1 aliphatic rings. The fourth-order valence-corrected chi connectivity index (χ4v) is 3.33. The minimum absolute atomic E-state index is 0.135. The third-order valence-electron chi connectivity index (χ3n) is 4.52. The molecule has 0 aliphatic carbocycles. The Morgan fingerprint density at radius 3 is 2.64 bits per heavy atom. The molecule has 0 fully saturated rings. The zero-order valence-electron chi connectivity index (χ0n) is 14.3. The zero-order valence-corrected chi connectivity index (χ0v) is 14.3. The molecule has 1 amide bonds. The Kier molecular flexibility index (Phi) is 4.81. The molecule has 0 saturated carbocycles. The first kappa shape index (κ1) is 17.1. The molecule has 2 aromatic rings. The number of carboxylic acids is 1. The maximum Gasteiger partial charge on any atom is 0.313 e. The van der Waals surface area contributed by atoms with E-state index in [0.717, 1.165) is 5.56 Å². The lowest BCUT2D eigenvalue weighted by atomic mass is 9.80. The summed E-state index contributed by atoms with van der Waals surface area (Å²) < 4.78 is 0. The van der Waals surface area contributed by atoms with Gasteiger partial charge in [0.25, 0.3) is 5.91 Å². The van der Waals surface area contributed by atoms with Crippen LogP contribution in [0.25, 0.3) is 0 Å². The van der Waals surface area contributed by atoms with E-state index in [1.807, 2.05) is 25.1 Å². The average Bonchev–Trinajstić information content (AvgIpc) is 2.61. The minimum Gasteiger partial charge on any atom is -0.481 e. The molecule has 130 valence electrons. The van der Waals surface area contributed by atoms with Crippen LogP contribution in [-0.2, 0) is 4.79 Å². The van der Waals surface area contributed by atoms with Crippen LogP contribution in [0.3, 0.4) is 0 Å². The number of aromatic nitrogens is 1. The average molecular weight is 339 g/mol. The number of carboxylic acid groups (broad SMARTS) is 1. The summed E-state index contributed by atoms with van der Waals surface area (Å²) in [6.45, 7) is 1.10. The molecule has 1 aromatic heterocycles. The van der Waals surface area contributed by atoms with Crippen molar-refractivity contribution in [2.24, 2.45) is 0 Å². The van der Waals surface area contributed by atoms with E-state index in [2.05, 4.69) is 4.98 Å². The van der Waals surface area contributed by atoms with Gasteiger partial charge in [-0.1, -0.05) is 24.3 Å². The zero-order chi connectivity index (χ0) is 18.0. The summed E-state index contributed by atoms with van der Waals surface area (Å²) in [5.74, 6) is -1.90. The van der Waals surface area contributed by atoms with Crippen molar-refractivity contribution >= 4 is 11.9 Å². The van der Waals surface area contributed by atoms with E-state index in [1.165, 1.54) is 0 Å². The van der Waals surface area contributed by atoms with Crippen LogP contribution in [0.15, 0.2) is 48.8 Å². The Hall–Kier alpha value is -2.73. The SMILES string of the molecule is CN(C)CCN1C(=O)c2ccccc2C(C(=O)O)C1c1cccnc1. The number of amides is 1. The molecule has 0 radical (unpaired) electrons. The van der Waals surface area contributed by atoms with Gasteiger partial charge in [-0.05, 0) is 37.4 Å². The van der Waals surface area contributed by atoms with Gasteiger partial charge in [-0.2, -0.15) is 0 Å². The first-order valence-corrected chi connectivity index (χ1v) is 8.18. The lowest BCUT2D eigenvalue weighted by Crippen LogP contribution is -2.47. The molecule has 0 bridgehead atoms. The predicted molar refractivity (Wildman–Crippen MR) is 93.4 cm³/mol. The number of fused-ring (bicyclic) bond motifs is 1. The number of nitrogens with zero attached hydrogens (tertiary/aromatic N) is 3. The molecule has 6 nitrogen and oxygen atoms in total.